The third-order valence-corrected chi connectivity index (χ3v) is 3.58. The maximum absolute atomic E-state index is 12.0. The van der Waals surface area contributed by atoms with Gasteiger partial charge < -0.3 is 10.6 Å². The van der Waals surface area contributed by atoms with Crippen molar-refractivity contribution in [3.63, 3.8) is 0 Å². The molecule has 1 saturated carbocycles. The molecule has 1 aromatic carbocycles. The highest BCUT2D eigenvalue weighted by atomic mass is 16.2. The fourth-order valence-electron chi connectivity index (χ4n) is 2.16. The number of anilines is 1. The number of rotatable bonds is 6. The van der Waals surface area contributed by atoms with Gasteiger partial charge in [-0.15, -0.1) is 0 Å². The molecule has 0 aromatic heterocycles. The van der Waals surface area contributed by atoms with Crippen LogP contribution < -0.4 is 10.6 Å². The van der Waals surface area contributed by atoms with E-state index in [2.05, 4.69) is 17.6 Å². The first-order chi connectivity index (χ1) is 10.2. The van der Waals surface area contributed by atoms with E-state index >= 15 is 0 Å². The molecule has 1 fully saturated rings. The molecule has 2 atom stereocenters. The molecule has 21 heavy (non-hydrogen) atoms. The molecule has 0 heterocycles. The predicted octanol–water partition coefficient (Wildman–Crippen LogP) is 2.05. The van der Waals surface area contributed by atoms with Crippen LogP contribution in [0, 0.1) is 23.2 Å². The van der Waals surface area contributed by atoms with Gasteiger partial charge in [0.05, 0.1) is 23.5 Å². The summed E-state index contributed by atoms with van der Waals surface area (Å²) in [6.07, 6.45) is 2.61. The lowest BCUT2D eigenvalue weighted by Gasteiger charge is -2.05. The van der Waals surface area contributed by atoms with E-state index in [-0.39, 0.29) is 23.7 Å². The summed E-state index contributed by atoms with van der Waals surface area (Å²) in [4.78, 5) is 23.8. The third kappa shape index (κ3) is 4.06. The van der Waals surface area contributed by atoms with Gasteiger partial charge in [-0.1, -0.05) is 13.3 Å². The summed E-state index contributed by atoms with van der Waals surface area (Å²) in [5, 5.41) is 14.3. The van der Waals surface area contributed by atoms with Crippen LogP contribution in [0.4, 0.5) is 5.69 Å². The van der Waals surface area contributed by atoms with E-state index in [4.69, 9.17) is 5.26 Å². The van der Waals surface area contributed by atoms with E-state index in [9.17, 15) is 9.59 Å². The maximum atomic E-state index is 12.0. The molecule has 5 heteroatoms. The van der Waals surface area contributed by atoms with Crippen LogP contribution in [0.5, 0.6) is 0 Å². The zero-order valence-corrected chi connectivity index (χ0v) is 12.1. The van der Waals surface area contributed by atoms with E-state index in [1.165, 1.54) is 0 Å². The highest BCUT2D eigenvalue weighted by Crippen LogP contribution is 2.39. The number of benzene rings is 1. The largest absolute Gasteiger partial charge is 0.356 e. The van der Waals surface area contributed by atoms with Crippen LogP contribution in [-0.2, 0) is 9.59 Å². The molecular weight excluding hydrogens is 266 g/mol. The molecule has 1 aromatic rings. The summed E-state index contributed by atoms with van der Waals surface area (Å²) in [5.74, 6) is -0.582. The van der Waals surface area contributed by atoms with Crippen LogP contribution in [0.25, 0.3) is 0 Å². The lowest BCUT2D eigenvalue weighted by atomic mass is 10.2. The standard InChI is InChI=1S/C16H19N3O2/c1-2-3-8-18-15(20)13-9-14(13)16(21)19-12-6-4-11(10-17)5-7-12/h4-7,13-14H,2-3,8-9H2,1H3,(H,18,20)(H,19,21). The van der Waals surface area contributed by atoms with Gasteiger partial charge in [0.1, 0.15) is 0 Å². The van der Waals surface area contributed by atoms with Gasteiger partial charge in [0, 0.05) is 12.2 Å². The van der Waals surface area contributed by atoms with Crippen molar-refractivity contribution in [3.8, 4) is 6.07 Å². The van der Waals surface area contributed by atoms with Gasteiger partial charge in [-0.2, -0.15) is 5.26 Å². The van der Waals surface area contributed by atoms with E-state index in [1.807, 2.05) is 6.07 Å². The Morgan fingerprint density at radius 1 is 1.24 bits per heavy atom. The number of carbonyl (C=O) groups is 2. The van der Waals surface area contributed by atoms with Gasteiger partial charge in [0.15, 0.2) is 0 Å². The Morgan fingerprint density at radius 2 is 1.90 bits per heavy atom. The first kappa shape index (κ1) is 15.0. The van der Waals surface area contributed by atoms with Crippen molar-refractivity contribution in [2.45, 2.75) is 26.2 Å². The second-order valence-corrected chi connectivity index (χ2v) is 5.27. The predicted molar refractivity (Wildman–Crippen MR) is 79.3 cm³/mol. The van der Waals surface area contributed by atoms with Crippen LogP contribution in [-0.4, -0.2) is 18.4 Å². The molecule has 0 bridgehead atoms. The van der Waals surface area contributed by atoms with Crippen LogP contribution >= 0.6 is 0 Å². The SMILES string of the molecule is CCCCNC(=O)C1CC1C(=O)Nc1ccc(C#N)cc1. The van der Waals surface area contributed by atoms with Crippen molar-refractivity contribution in [1.82, 2.24) is 5.32 Å². The fraction of sp³-hybridized carbons (Fsp3) is 0.438. The summed E-state index contributed by atoms with van der Waals surface area (Å²) in [6.45, 7) is 2.74. The van der Waals surface area contributed by atoms with Crippen molar-refractivity contribution in [1.29, 1.82) is 5.26 Å². The number of amides is 2. The van der Waals surface area contributed by atoms with Crippen molar-refractivity contribution >= 4 is 17.5 Å². The molecule has 1 aliphatic carbocycles. The van der Waals surface area contributed by atoms with Gasteiger partial charge in [-0.25, -0.2) is 0 Å². The quantitative estimate of drug-likeness (QED) is 0.785. The Morgan fingerprint density at radius 3 is 2.52 bits per heavy atom. The Labute approximate surface area is 124 Å². The van der Waals surface area contributed by atoms with E-state index in [0.717, 1.165) is 12.8 Å². The molecule has 2 rings (SSSR count). The molecule has 0 spiro atoms. The molecule has 2 N–H and O–H groups in total. The van der Waals surface area contributed by atoms with Gasteiger partial charge in [-0.05, 0) is 37.1 Å². The third-order valence-electron chi connectivity index (χ3n) is 3.58. The van der Waals surface area contributed by atoms with Crippen molar-refractivity contribution in [2.24, 2.45) is 11.8 Å². The summed E-state index contributed by atoms with van der Waals surface area (Å²) >= 11 is 0. The first-order valence-electron chi connectivity index (χ1n) is 7.24. The minimum atomic E-state index is -0.234. The number of nitriles is 1. The van der Waals surface area contributed by atoms with Crippen molar-refractivity contribution in [3.05, 3.63) is 29.8 Å². The van der Waals surface area contributed by atoms with Crippen LogP contribution in [0.2, 0.25) is 0 Å². The number of nitrogens with zero attached hydrogens (tertiary/aromatic N) is 1. The average molecular weight is 285 g/mol. The summed E-state index contributed by atoms with van der Waals surface area (Å²) in [5.41, 5.74) is 1.20. The van der Waals surface area contributed by atoms with Crippen molar-refractivity contribution in [2.75, 3.05) is 11.9 Å². The second-order valence-electron chi connectivity index (χ2n) is 5.27. The van der Waals surface area contributed by atoms with E-state index in [1.54, 1.807) is 24.3 Å². The molecule has 5 nitrogen and oxygen atoms in total. The zero-order valence-electron chi connectivity index (χ0n) is 12.1. The number of nitrogens with one attached hydrogen (secondary N) is 2. The number of unbranched alkanes of at least 4 members (excludes halogenated alkanes) is 1. The Hall–Kier alpha value is -2.35. The summed E-state index contributed by atoms with van der Waals surface area (Å²) in [7, 11) is 0. The number of hydrogen-bond acceptors (Lipinski definition) is 3. The van der Waals surface area contributed by atoms with Gasteiger partial charge >= 0.3 is 0 Å². The minimum Gasteiger partial charge on any atom is -0.356 e. The second kappa shape index (κ2) is 6.89. The van der Waals surface area contributed by atoms with Crippen LogP contribution in [0.3, 0.4) is 0 Å². The van der Waals surface area contributed by atoms with Gasteiger partial charge in [-0.3, -0.25) is 9.59 Å². The summed E-state index contributed by atoms with van der Waals surface area (Å²) in [6, 6.07) is 8.70. The Kier molecular flexibility index (Phi) is 4.94. The molecule has 0 radical (unpaired) electrons. The van der Waals surface area contributed by atoms with Gasteiger partial charge in [0.2, 0.25) is 11.8 Å². The normalized spacial score (nSPS) is 19.4. The monoisotopic (exact) mass is 285 g/mol. The zero-order chi connectivity index (χ0) is 15.2. The molecule has 0 saturated heterocycles. The van der Waals surface area contributed by atoms with Gasteiger partial charge in [0.25, 0.3) is 0 Å². The lowest BCUT2D eigenvalue weighted by molar-refractivity contribution is -0.125. The lowest BCUT2D eigenvalue weighted by Crippen LogP contribution is -2.28. The molecule has 2 unspecified atom stereocenters. The fourth-order valence-corrected chi connectivity index (χ4v) is 2.16. The molecule has 2 amide bonds. The smallest absolute Gasteiger partial charge is 0.228 e. The van der Waals surface area contributed by atoms with Crippen LogP contribution in [0.15, 0.2) is 24.3 Å². The molecule has 110 valence electrons. The molecule has 1 aliphatic rings. The number of hydrogen-bond donors (Lipinski definition) is 2. The summed E-state index contributed by atoms with van der Waals surface area (Å²) < 4.78 is 0. The average Bonchev–Trinajstić information content (AvgIpc) is 3.29. The Balaban J connectivity index is 1.80. The highest BCUT2D eigenvalue weighted by Gasteiger charge is 2.47. The minimum absolute atomic E-state index is 0.0246. The van der Waals surface area contributed by atoms with Crippen molar-refractivity contribution < 1.29 is 9.59 Å². The Bertz CT molecular complexity index is 560. The first-order valence-corrected chi connectivity index (χ1v) is 7.24. The topological polar surface area (TPSA) is 82.0 Å². The van der Waals surface area contributed by atoms with E-state index in [0.29, 0.717) is 24.2 Å². The molecule has 0 aliphatic heterocycles. The maximum Gasteiger partial charge on any atom is 0.228 e. The highest BCUT2D eigenvalue weighted by molar-refractivity contribution is 5.99. The molecular formula is C16H19N3O2. The van der Waals surface area contributed by atoms with E-state index < -0.39 is 0 Å². The number of carbonyl (C=O) groups excluding carboxylic acids is 2. The van der Waals surface area contributed by atoms with Crippen LogP contribution in [0.1, 0.15) is 31.7 Å².